The fraction of sp³-hybridized carbons (Fsp3) is 0.619. The summed E-state index contributed by atoms with van der Waals surface area (Å²) in [5.41, 5.74) is 1.29. The number of carbonyl (C=O) groups is 2. The third-order valence-corrected chi connectivity index (χ3v) is 6.14. The fourth-order valence-corrected chi connectivity index (χ4v) is 4.36. The van der Waals surface area contributed by atoms with E-state index < -0.39 is 0 Å². The van der Waals surface area contributed by atoms with Crippen molar-refractivity contribution in [3.05, 3.63) is 35.9 Å². The van der Waals surface area contributed by atoms with Crippen molar-refractivity contribution in [1.82, 2.24) is 15.1 Å². The first kappa shape index (κ1) is 18.9. The Morgan fingerprint density at radius 1 is 1.12 bits per heavy atom. The molecule has 2 fully saturated rings. The standard InChI is InChI=1S/C21H31N3O2/c1-17(25)24-13-7-6-10-19(24)20(26)22-16-21(11-14-23(2)15-12-21)18-8-4-3-5-9-18/h3-5,8-9,19H,6-7,10-16H2,1-2H3,(H,22,26)/t19-/m0/s1. The maximum absolute atomic E-state index is 12.9. The molecule has 2 aliphatic heterocycles. The van der Waals surface area contributed by atoms with E-state index in [1.165, 1.54) is 5.56 Å². The van der Waals surface area contributed by atoms with Crippen LogP contribution in [0.15, 0.2) is 30.3 Å². The van der Waals surface area contributed by atoms with Gasteiger partial charge in [-0.05, 0) is 57.8 Å². The molecule has 0 spiro atoms. The Hall–Kier alpha value is -1.88. The van der Waals surface area contributed by atoms with E-state index in [9.17, 15) is 9.59 Å². The van der Waals surface area contributed by atoms with E-state index in [0.29, 0.717) is 13.1 Å². The summed E-state index contributed by atoms with van der Waals surface area (Å²) in [6.07, 6.45) is 4.84. The number of carbonyl (C=O) groups excluding carboxylic acids is 2. The summed E-state index contributed by atoms with van der Waals surface area (Å²) in [5.74, 6) is 0.0102. The van der Waals surface area contributed by atoms with Crippen LogP contribution in [0.5, 0.6) is 0 Å². The van der Waals surface area contributed by atoms with Crippen molar-refractivity contribution < 1.29 is 9.59 Å². The van der Waals surface area contributed by atoms with Crippen molar-refractivity contribution in [2.75, 3.05) is 33.2 Å². The van der Waals surface area contributed by atoms with Gasteiger partial charge in [0.15, 0.2) is 0 Å². The smallest absolute Gasteiger partial charge is 0.242 e. The van der Waals surface area contributed by atoms with Gasteiger partial charge in [0.25, 0.3) is 0 Å². The van der Waals surface area contributed by atoms with E-state index in [4.69, 9.17) is 0 Å². The van der Waals surface area contributed by atoms with Gasteiger partial charge >= 0.3 is 0 Å². The first-order valence-corrected chi connectivity index (χ1v) is 9.81. The number of piperidine rings is 2. The second-order valence-corrected chi connectivity index (χ2v) is 7.89. The number of likely N-dealkylation sites (tertiary alicyclic amines) is 2. The number of nitrogens with one attached hydrogen (secondary N) is 1. The van der Waals surface area contributed by atoms with Crippen LogP contribution in [-0.4, -0.2) is 60.9 Å². The summed E-state index contributed by atoms with van der Waals surface area (Å²) in [5, 5.41) is 3.21. The van der Waals surface area contributed by atoms with Crippen LogP contribution in [0, 0.1) is 0 Å². The summed E-state index contributed by atoms with van der Waals surface area (Å²) in [7, 11) is 2.15. The summed E-state index contributed by atoms with van der Waals surface area (Å²) in [4.78, 5) is 28.8. The molecular weight excluding hydrogens is 326 g/mol. The lowest BCUT2D eigenvalue weighted by atomic mass is 9.72. The van der Waals surface area contributed by atoms with Gasteiger partial charge in [-0.3, -0.25) is 9.59 Å². The average Bonchev–Trinajstić information content (AvgIpc) is 2.68. The van der Waals surface area contributed by atoms with E-state index in [0.717, 1.165) is 45.2 Å². The predicted molar refractivity (Wildman–Crippen MR) is 103 cm³/mol. The largest absolute Gasteiger partial charge is 0.353 e. The predicted octanol–water partition coefficient (Wildman–Crippen LogP) is 2.17. The minimum Gasteiger partial charge on any atom is -0.353 e. The number of benzene rings is 1. The van der Waals surface area contributed by atoms with E-state index in [1.807, 2.05) is 6.07 Å². The monoisotopic (exact) mass is 357 g/mol. The molecule has 0 unspecified atom stereocenters. The van der Waals surface area contributed by atoms with Gasteiger partial charge in [0.05, 0.1) is 0 Å². The molecule has 26 heavy (non-hydrogen) atoms. The van der Waals surface area contributed by atoms with E-state index in [-0.39, 0.29) is 23.3 Å². The van der Waals surface area contributed by atoms with Gasteiger partial charge in [0.1, 0.15) is 6.04 Å². The Kier molecular flexibility index (Phi) is 5.97. The minimum absolute atomic E-state index is 0.00177. The molecule has 2 aliphatic rings. The SMILES string of the molecule is CC(=O)N1CCCC[C@H]1C(=O)NCC1(c2ccccc2)CCN(C)CC1. The zero-order valence-corrected chi connectivity index (χ0v) is 16.0. The van der Waals surface area contributed by atoms with Gasteiger partial charge in [-0.25, -0.2) is 0 Å². The molecule has 1 aromatic carbocycles. The van der Waals surface area contributed by atoms with Crippen LogP contribution in [0.4, 0.5) is 0 Å². The highest BCUT2D eigenvalue weighted by molar-refractivity contribution is 5.87. The van der Waals surface area contributed by atoms with Gasteiger partial charge in [-0.2, -0.15) is 0 Å². The number of nitrogens with zero attached hydrogens (tertiary/aromatic N) is 2. The van der Waals surface area contributed by atoms with Crippen LogP contribution in [0.25, 0.3) is 0 Å². The molecule has 1 atom stereocenters. The topological polar surface area (TPSA) is 52.7 Å². The lowest BCUT2D eigenvalue weighted by molar-refractivity contribution is -0.140. The third-order valence-electron chi connectivity index (χ3n) is 6.14. The van der Waals surface area contributed by atoms with Crippen LogP contribution in [0.1, 0.15) is 44.6 Å². The molecule has 0 radical (unpaired) electrons. The van der Waals surface area contributed by atoms with Crippen molar-refractivity contribution >= 4 is 11.8 Å². The molecule has 3 rings (SSSR count). The first-order valence-electron chi connectivity index (χ1n) is 9.81. The third kappa shape index (κ3) is 4.09. The molecule has 2 heterocycles. The molecule has 1 N–H and O–H groups in total. The zero-order valence-electron chi connectivity index (χ0n) is 16.0. The van der Waals surface area contributed by atoms with E-state index >= 15 is 0 Å². The Morgan fingerprint density at radius 2 is 1.81 bits per heavy atom. The Morgan fingerprint density at radius 3 is 2.46 bits per heavy atom. The van der Waals surface area contributed by atoms with Crippen molar-refractivity contribution in [2.24, 2.45) is 0 Å². The van der Waals surface area contributed by atoms with Crippen molar-refractivity contribution in [3.63, 3.8) is 0 Å². The summed E-state index contributed by atoms with van der Waals surface area (Å²) < 4.78 is 0. The highest BCUT2D eigenvalue weighted by Gasteiger charge is 2.37. The molecule has 1 aromatic rings. The minimum atomic E-state index is -0.305. The van der Waals surface area contributed by atoms with Gasteiger partial charge in [0.2, 0.25) is 11.8 Å². The van der Waals surface area contributed by atoms with Gasteiger partial charge in [0, 0.05) is 25.4 Å². The summed E-state index contributed by atoms with van der Waals surface area (Å²) >= 11 is 0. The quantitative estimate of drug-likeness (QED) is 0.898. The number of amides is 2. The van der Waals surface area contributed by atoms with Gasteiger partial charge in [-0.1, -0.05) is 30.3 Å². The van der Waals surface area contributed by atoms with Crippen LogP contribution in [-0.2, 0) is 15.0 Å². The highest BCUT2D eigenvalue weighted by Crippen LogP contribution is 2.34. The number of hydrogen-bond acceptors (Lipinski definition) is 3. The molecule has 2 amide bonds. The van der Waals surface area contributed by atoms with Gasteiger partial charge < -0.3 is 15.1 Å². The molecule has 5 heteroatoms. The van der Waals surface area contributed by atoms with Crippen molar-refractivity contribution in [3.8, 4) is 0 Å². The molecule has 0 aromatic heterocycles. The number of rotatable bonds is 4. The molecular formula is C21H31N3O2. The fourth-order valence-electron chi connectivity index (χ4n) is 4.36. The van der Waals surface area contributed by atoms with Crippen LogP contribution in [0.3, 0.4) is 0 Å². The first-order chi connectivity index (χ1) is 12.5. The second-order valence-electron chi connectivity index (χ2n) is 7.89. The van der Waals surface area contributed by atoms with E-state index in [1.54, 1.807) is 11.8 Å². The van der Waals surface area contributed by atoms with Crippen LogP contribution >= 0.6 is 0 Å². The molecule has 2 saturated heterocycles. The Balaban J connectivity index is 1.71. The zero-order chi connectivity index (χ0) is 18.6. The molecule has 0 aliphatic carbocycles. The summed E-state index contributed by atoms with van der Waals surface area (Å²) in [6, 6.07) is 10.3. The lowest BCUT2D eigenvalue weighted by Gasteiger charge is -2.42. The highest BCUT2D eigenvalue weighted by atomic mass is 16.2. The number of hydrogen-bond donors (Lipinski definition) is 1. The molecule has 5 nitrogen and oxygen atoms in total. The van der Waals surface area contributed by atoms with Crippen molar-refractivity contribution in [2.45, 2.75) is 50.5 Å². The lowest BCUT2D eigenvalue weighted by Crippen LogP contribution is -2.54. The second kappa shape index (κ2) is 8.21. The Bertz CT molecular complexity index is 623. The van der Waals surface area contributed by atoms with E-state index in [2.05, 4.69) is 41.5 Å². The Labute approximate surface area is 156 Å². The summed E-state index contributed by atoms with van der Waals surface area (Å²) in [6.45, 7) is 4.98. The average molecular weight is 357 g/mol. The molecule has 0 saturated carbocycles. The van der Waals surface area contributed by atoms with Gasteiger partial charge in [-0.15, -0.1) is 0 Å². The molecule has 142 valence electrons. The van der Waals surface area contributed by atoms with Crippen molar-refractivity contribution in [1.29, 1.82) is 0 Å². The van der Waals surface area contributed by atoms with Crippen LogP contribution in [0.2, 0.25) is 0 Å². The normalized spacial score (nSPS) is 23.5. The maximum Gasteiger partial charge on any atom is 0.242 e. The maximum atomic E-state index is 12.9. The molecule has 0 bridgehead atoms. The van der Waals surface area contributed by atoms with Crippen LogP contribution < -0.4 is 5.32 Å².